The summed E-state index contributed by atoms with van der Waals surface area (Å²) in [7, 11) is 0. The second-order valence-electron chi connectivity index (χ2n) is 5.88. The number of hydrogen-bond acceptors (Lipinski definition) is 6. The van der Waals surface area contributed by atoms with E-state index in [1.807, 2.05) is 36.4 Å². The number of carbonyl (C=O) groups is 3. The highest BCUT2D eigenvalue weighted by molar-refractivity contribution is 8.01. The molecule has 1 aliphatic heterocycles. The third-order valence-electron chi connectivity index (χ3n) is 3.93. The summed E-state index contributed by atoms with van der Waals surface area (Å²) < 4.78 is 0.989. The molecule has 4 amide bonds. The molecule has 1 N–H and O–H groups in total. The van der Waals surface area contributed by atoms with E-state index in [1.54, 1.807) is 23.9 Å². The number of pyridine rings is 1. The molecule has 144 valence electrons. The lowest BCUT2D eigenvalue weighted by Crippen LogP contribution is -2.54. The SMILES string of the molecule is O=C1NC(=O)N(c2cccnc2)C(=O)/C1=C/c1ccc(Sc2ccc(Cl)cc2)s1. The van der Waals surface area contributed by atoms with Crippen LogP contribution in [0.5, 0.6) is 0 Å². The van der Waals surface area contributed by atoms with Gasteiger partial charge in [0.25, 0.3) is 11.8 Å². The molecule has 4 rings (SSSR count). The maximum absolute atomic E-state index is 12.8. The Labute approximate surface area is 179 Å². The molecule has 2 aromatic heterocycles. The quantitative estimate of drug-likeness (QED) is 0.472. The van der Waals surface area contributed by atoms with E-state index in [4.69, 9.17) is 11.6 Å². The predicted molar refractivity (Wildman–Crippen MR) is 113 cm³/mol. The van der Waals surface area contributed by atoms with Crippen LogP contribution in [0.4, 0.5) is 10.5 Å². The maximum atomic E-state index is 12.8. The Kier molecular flexibility index (Phi) is 5.48. The topological polar surface area (TPSA) is 79.4 Å². The average molecular weight is 442 g/mol. The van der Waals surface area contributed by atoms with Crippen molar-refractivity contribution in [2.24, 2.45) is 0 Å². The number of thiophene rings is 1. The van der Waals surface area contributed by atoms with Crippen molar-refractivity contribution < 1.29 is 14.4 Å². The van der Waals surface area contributed by atoms with Gasteiger partial charge in [0.05, 0.1) is 16.1 Å². The van der Waals surface area contributed by atoms with Gasteiger partial charge in [-0.15, -0.1) is 11.3 Å². The Morgan fingerprint density at radius 3 is 2.59 bits per heavy atom. The van der Waals surface area contributed by atoms with Gasteiger partial charge in [-0.3, -0.25) is 19.9 Å². The van der Waals surface area contributed by atoms with Gasteiger partial charge in [-0.2, -0.15) is 0 Å². The van der Waals surface area contributed by atoms with Crippen LogP contribution in [-0.4, -0.2) is 22.8 Å². The van der Waals surface area contributed by atoms with Crippen molar-refractivity contribution in [2.75, 3.05) is 4.90 Å². The van der Waals surface area contributed by atoms with Gasteiger partial charge in [0.2, 0.25) is 0 Å². The zero-order valence-electron chi connectivity index (χ0n) is 14.7. The summed E-state index contributed by atoms with van der Waals surface area (Å²) in [6.45, 7) is 0. The molecule has 6 nitrogen and oxygen atoms in total. The molecule has 3 aromatic rings. The molecule has 1 aromatic carbocycles. The lowest BCUT2D eigenvalue weighted by atomic mass is 10.1. The van der Waals surface area contributed by atoms with E-state index in [-0.39, 0.29) is 5.57 Å². The first-order valence-corrected chi connectivity index (χ1v) is 10.4. The second-order valence-corrected chi connectivity index (χ2v) is 8.81. The van der Waals surface area contributed by atoms with Crippen molar-refractivity contribution in [2.45, 2.75) is 9.10 Å². The summed E-state index contributed by atoms with van der Waals surface area (Å²) >= 11 is 8.89. The Bertz CT molecular complexity index is 1130. The molecular weight excluding hydrogens is 430 g/mol. The van der Waals surface area contributed by atoms with E-state index in [0.717, 1.165) is 18.9 Å². The summed E-state index contributed by atoms with van der Waals surface area (Å²) in [6, 6.07) is 13.6. The van der Waals surface area contributed by atoms with Gasteiger partial charge < -0.3 is 0 Å². The van der Waals surface area contributed by atoms with E-state index in [1.165, 1.54) is 29.8 Å². The fourth-order valence-corrected chi connectivity index (χ4v) is 4.80. The molecular formula is C20H12ClN3O3S2. The molecule has 1 fully saturated rings. The van der Waals surface area contributed by atoms with Gasteiger partial charge in [-0.05, 0) is 54.6 Å². The number of imide groups is 2. The van der Waals surface area contributed by atoms with Crippen LogP contribution in [0.3, 0.4) is 0 Å². The van der Waals surface area contributed by atoms with Crippen LogP contribution in [-0.2, 0) is 9.59 Å². The third-order valence-corrected chi connectivity index (χ3v) is 6.35. The number of hydrogen-bond donors (Lipinski definition) is 1. The van der Waals surface area contributed by atoms with Crippen LogP contribution in [0.1, 0.15) is 4.88 Å². The molecule has 1 saturated heterocycles. The molecule has 0 atom stereocenters. The highest BCUT2D eigenvalue weighted by atomic mass is 35.5. The summed E-state index contributed by atoms with van der Waals surface area (Å²) in [4.78, 5) is 43.8. The molecule has 29 heavy (non-hydrogen) atoms. The average Bonchev–Trinajstić information content (AvgIpc) is 3.15. The van der Waals surface area contributed by atoms with Crippen LogP contribution in [0.25, 0.3) is 6.08 Å². The molecule has 0 radical (unpaired) electrons. The molecule has 9 heteroatoms. The van der Waals surface area contributed by atoms with E-state index < -0.39 is 17.8 Å². The highest BCUT2D eigenvalue weighted by Gasteiger charge is 2.36. The van der Waals surface area contributed by atoms with Crippen molar-refractivity contribution in [3.05, 3.63) is 76.4 Å². The Hall–Kier alpha value is -2.94. The number of amides is 4. The van der Waals surface area contributed by atoms with E-state index in [9.17, 15) is 14.4 Å². The van der Waals surface area contributed by atoms with Crippen LogP contribution in [0.15, 0.2) is 75.6 Å². The van der Waals surface area contributed by atoms with Crippen molar-refractivity contribution in [3.63, 3.8) is 0 Å². The number of barbiturate groups is 1. The Morgan fingerprint density at radius 2 is 1.86 bits per heavy atom. The van der Waals surface area contributed by atoms with Gasteiger partial charge in [-0.1, -0.05) is 23.4 Å². The molecule has 1 aliphatic rings. The monoisotopic (exact) mass is 441 g/mol. The predicted octanol–water partition coefficient (Wildman–Crippen LogP) is 4.61. The first kappa shape index (κ1) is 19.4. The van der Waals surface area contributed by atoms with Gasteiger partial charge in [0.1, 0.15) is 5.57 Å². The number of carbonyl (C=O) groups excluding carboxylic acids is 3. The molecule has 0 unspecified atom stereocenters. The molecule has 0 spiro atoms. The second kappa shape index (κ2) is 8.20. The van der Waals surface area contributed by atoms with Crippen LogP contribution in [0.2, 0.25) is 5.02 Å². The van der Waals surface area contributed by atoms with Crippen LogP contribution >= 0.6 is 34.7 Å². The summed E-state index contributed by atoms with van der Waals surface area (Å²) in [5, 5.41) is 2.87. The number of benzene rings is 1. The van der Waals surface area contributed by atoms with Crippen LogP contribution in [0, 0.1) is 0 Å². The summed E-state index contributed by atoms with van der Waals surface area (Å²) in [5.74, 6) is -1.41. The minimum Gasteiger partial charge on any atom is -0.273 e. The minimum absolute atomic E-state index is 0.113. The van der Waals surface area contributed by atoms with Crippen molar-refractivity contribution in [1.82, 2.24) is 10.3 Å². The number of halogens is 1. The number of urea groups is 1. The number of anilines is 1. The lowest BCUT2D eigenvalue weighted by Gasteiger charge is -2.25. The summed E-state index contributed by atoms with van der Waals surface area (Å²) in [5.41, 5.74) is 0.178. The smallest absolute Gasteiger partial charge is 0.273 e. The lowest BCUT2D eigenvalue weighted by molar-refractivity contribution is -0.122. The molecule has 0 aliphatic carbocycles. The fourth-order valence-electron chi connectivity index (χ4n) is 2.61. The standard InChI is InChI=1S/C20H12ClN3O3S2/c21-12-3-5-14(6-4-12)28-17-8-7-15(29-17)10-16-18(25)23-20(27)24(19(16)26)13-2-1-9-22-11-13/h1-11H,(H,23,25,27)/b16-10+. The van der Waals surface area contributed by atoms with Gasteiger partial charge in [0, 0.05) is 21.0 Å². The minimum atomic E-state index is -0.796. The van der Waals surface area contributed by atoms with Gasteiger partial charge in [0.15, 0.2) is 0 Å². The largest absolute Gasteiger partial charge is 0.336 e. The zero-order chi connectivity index (χ0) is 20.4. The highest BCUT2D eigenvalue weighted by Crippen LogP contribution is 2.35. The first-order valence-electron chi connectivity index (χ1n) is 8.36. The normalized spacial score (nSPS) is 15.7. The molecule has 3 heterocycles. The van der Waals surface area contributed by atoms with E-state index in [0.29, 0.717) is 10.7 Å². The number of nitrogens with zero attached hydrogens (tertiary/aromatic N) is 2. The number of rotatable bonds is 4. The zero-order valence-corrected chi connectivity index (χ0v) is 17.1. The Balaban J connectivity index is 1.59. The number of nitrogens with one attached hydrogen (secondary N) is 1. The van der Waals surface area contributed by atoms with Gasteiger partial charge in [-0.25, -0.2) is 9.69 Å². The fraction of sp³-hybridized carbons (Fsp3) is 0. The van der Waals surface area contributed by atoms with Crippen molar-refractivity contribution in [1.29, 1.82) is 0 Å². The maximum Gasteiger partial charge on any atom is 0.336 e. The number of aromatic nitrogens is 1. The molecule has 0 saturated carbocycles. The van der Waals surface area contributed by atoms with E-state index in [2.05, 4.69) is 10.3 Å². The third kappa shape index (κ3) is 4.24. The Morgan fingerprint density at radius 1 is 1.07 bits per heavy atom. The molecule has 0 bridgehead atoms. The summed E-state index contributed by atoms with van der Waals surface area (Å²) in [6.07, 6.45) is 4.41. The van der Waals surface area contributed by atoms with Gasteiger partial charge >= 0.3 is 6.03 Å². The van der Waals surface area contributed by atoms with Crippen LogP contribution < -0.4 is 10.2 Å². The van der Waals surface area contributed by atoms with E-state index >= 15 is 0 Å². The first-order chi connectivity index (χ1) is 14.0. The van der Waals surface area contributed by atoms with Crippen molar-refractivity contribution >= 4 is 64.3 Å². The van der Waals surface area contributed by atoms with Crippen molar-refractivity contribution in [3.8, 4) is 0 Å².